The average molecular weight is 305 g/mol. The smallest absolute Gasteiger partial charge is 0.307 e. The SMILES string of the molecule is CC(C)=C1[C@H]2CC[C@H]1[C@@H](C(=O)NC1CCCCC1)[C@H]2C(=O)O. The molecule has 4 heteroatoms. The number of carbonyl (C=O) groups is 2. The van der Waals surface area contributed by atoms with Crippen molar-refractivity contribution < 1.29 is 14.7 Å². The molecule has 2 N–H and O–H groups in total. The van der Waals surface area contributed by atoms with Gasteiger partial charge in [0, 0.05) is 6.04 Å². The Hall–Kier alpha value is -1.32. The van der Waals surface area contributed by atoms with Gasteiger partial charge in [-0.2, -0.15) is 0 Å². The van der Waals surface area contributed by atoms with Crippen LogP contribution in [0, 0.1) is 23.7 Å². The Morgan fingerprint density at radius 3 is 2.09 bits per heavy atom. The molecule has 4 nitrogen and oxygen atoms in total. The first kappa shape index (κ1) is 15.6. The van der Waals surface area contributed by atoms with E-state index in [1.54, 1.807) is 0 Å². The lowest BCUT2D eigenvalue weighted by Gasteiger charge is -2.30. The second-order valence-electron chi connectivity index (χ2n) is 7.48. The minimum Gasteiger partial charge on any atom is -0.481 e. The van der Waals surface area contributed by atoms with Gasteiger partial charge in [0.05, 0.1) is 11.8 Å². The van der Waals surface area contributed by atoms with Crippen molar-refractivity contribution in [3.05, 3.63) is 11.1 Å². The number of carboxylic acid groups (broad SMARTS) is 1. The highest BCUT2D eigenvalue weighted by Crippen LogP contribution is 2.57. The molecular weight excluding hydrogens is 278 g/mol. The maximum Gasteiger partial charge on any atom is 0.307 e. The summed E-state index contributed by atoms with van der Waals surface area (Å²) < 4.78 is 0. The number of carbonyl (C=O) groups excluding carboxylic acids is 1. The van der Waals surface area contributed by atoms with Gasteiger partial charge in [-0.1, -0.05) is 30.4 Å². The second kappa shape index (κ2) is 6.05. The highest BCUT2D eigenvalue weighted by Gasteiger charge is 2.57. The van der Waals surface area contributed by atoms with Crippen LogP contribution in [-0.2, 0) is 9.59 Å². The van der Waals surface area contributed by atoms with Crippen LogP contribution in [0.5, 0.6) is 0 Å². The van der Waals surface area contributed by atoms with Crippen molar-refractivity contribution in [1.82, 2.24) is 5.32 Å². The fourth-order valence-electron chi connectivity index (χ4n) is 5.15. The molecule has 0 spiro atoms. The summed E-state index contributed by atoms with van der Waals surface area (Å²) in [4.78, 5) is 24.6. The Morgan fingerprint density at radius 1 is 0.955 bits per heavy atom. The monoisotopic (exact) mass is 305 g/mol. The number of allylic oxidation sites excluding steroid dienone is 2. The molecule has 0 unspecified atom stereocenters. The summed E-state index contributed by atoms with van der Waals surface area (Å²) in [7, 11) is 0. The Balaban J connectivity index is 1.80. The Labute approximate surface area is 132 Å². The van der Waals surface area contributed by atoms with Crippen molar-refractivity contribution in [1.29, 1.82) is 0 Å². The van der Waals surface area contributed by atoms with E-state index in [-0.39, 0.29) is 29.7 Å². The molecule has 3 saturated carbocycles. The summed E-state index contributed by atoms with van der Waals surface area (Å²) in [5.41, 5.74) is 2.47. The van der Waals surface area contributed by atoms with Gasteiger partial charge in [-0.25, -0.2) is 0 Å². The van der Waals surface area contributed by atoms with Crippen LogP contribution in [0.15, 0.2) is 11.1 Å². The van der Waals surface area contributed by atoms with Gasteiger partial charge in [-0.15, -0.1) is 0 Å². The van der Waals surface area contributed by atoms with E-state index in [1.807, 2.05) is 0 Å². The number of fused-ring (bicyclic) bond motifs is 2. The van der Waals surface area contributed by atoms with Gasteiger partial charge in [0.1, 0.15) is 0 Å². The van der Waals surface area contributed by atoms with E-state index in [2.05, 4.69) is 19.2 Å². The predicted molar refractivity (Wildman–Crippen MR) is 84.2 cm³/mol. The zero-order valence-corrected chi connectivity index (χ0v) is 13.6. The second-order valence-corrected chi connectivity index (χ2v) is 7.48. The lowest BCUT2D eigenvalue weighted by Crippen LogP contribution is -2.45. The molecule has 0 aromatic rings. The Bertz CT molecular complexity index is 500. The van der Waals surface area contributed by atoms with Crippen molar-refractivity contribution in [2.45, 2.75) is 64.8 Å². The van der Waals surface area contributed by atoms with Gasteiger partial charge in [-0.3, -0.25) is 9.59 Å². The highest BCUT2D eigenvalue weighted by atomic mass is 16.4. The highest BCUT2D eigenvalue weighted by molar-refractivity contribution is 5.87. The third-order valence-corrected chi connectivity index (χ3v) is 5.96. The first-order valence-electron chi connectivity index (χ1n) is 8.71. The molecule has 0 saturated heterocycles. The van der Waals surface area contributed by atoms with Gasteiger partial charge in [-0.05, 0) is 51.4 Å². The summed E-state index contributed by atoms with van der Waals surface area (Å²) in [6.45, 7) is 4.11. The molecular formula is C18H27NO3. The summed E-state index contributed by atoms with van der Waals surface area (Å²) in [6.07, 6.45) is 7.57. The first-order valence-corrected chi connectivity index (χ1v) is 8.71. The lowest BCUT2D eigenvalue weighted by molar-refractivity contribution is -0.149. The third-order valence-electron chi connectivity index (χ3n) is 5.96. The van der Waals surface area contributed by atoms with Gasteiger partial charge in [0.25, 0.3) is 0 Å². The summed E-state index contributed by atoms with van der Waals surface area (Å²) in [6, 6.07) is 0.255. The zero-order chi connectivity index (χ0) is 15.9. The number of rotatable bonds is 3. The van der Waals surface area contributed by atoms with Crippen LogP contribution in [0.3, 0.4) is 0 Å². The molecule has 22 heavy (non-hydrogen) atoms. The normalized spacial score (nSPS) is 34.7. The van der Waals surface area contributed by atoms with Crippen molar-refractivity contribution in [2.24, 2.45) is 23.7 Å². The van der Waals surface area contributed by atoms with Gasteiger partial charge >= 0.3 is 5.97 Å². The van der Waals surface area contributed by atoms with E-state index in [4.69, 9.17) is 0 Å². The predicted octanol–water partition coefficient (Wildman–Crippen LogP) is 3.13. The van der Waals surface area contributed by atoms with Gasteiger partial charge in [0.15, 0.2) is 0 Å². The first-order chi connectivity index (χ1) is 10.5. The molecule has 0 heterocycles. The van der Waals surface area contributed by atoms with Crippen LogP contribution in [0.1, 0.15) is 58.8 Å². The molecule has 2 bridgehead atoms. The van der Waals surface area contributed by atoms with E-state index in [0.29, 0.717) is 0 Å². The molecule has 3 aliphatic carbocycles. The van der Waals surface area contributed by atoms with Gasteiger partial charge < -0.3 is 10.4 Å². The van der Waals surface area contributed by atoms with Crippen LogP contribution in [-0.4, -0.2) is 23.0 Å². The van der Waals surface area contributed by atoms with E-state index in [9.17, 15) is 14.7 Å². The fraction of sp³-hybridized carbons (Fsp3) is 0.778. The molecule has 0 radical (unpaired) electrons. The van der Waals surface area contributed by atoms with Crippen LogP contribution >= 0.6 is 0 Å². The minimum atomic E-state index is -0.797. The van der Waals surface area contributed by atoms with E-state index in [0.717, 1.165) is 25.7 Å². The standard InChI is InChI=1S/C18H27NO3/c1-10(2)14-12-8-9-13(14)16(18(21)22)15(12)17(20)19-11-6-4-3-5-7-11/h11-13,15-16H,3-9H2,1-2H3,(H,19,20)(H,21,22)/t12-,13-,15-,16+/m1/s1. The quantitative estimate of drug-likeness (QED) is 0.787. The average Bonchev–Trinajstić information content (AvgIpc) is 3.03. The summed E-state index contributed by atoms with van der Waals surface area (Å²) >= 11 is 0. The van der Waals surface area contributed by atoms with E-state index in [1.165, 1.54) is 30.4 Å². The molecule has 0 aromatic heterocycles. The Kier molecular flexibility index (Phi) is 4.28. The molecule has 0 aromatic carbocycles. The molecule has 0 aliphatic heterocycles. The molecule has 4 atom stereocenters. The van der Waals surface area contributed by atoms with Gasteiger partial charge in [0.2, 0.25) is 5.91 Å². The number of amides is 1. The van der Waals surface area contributed by atoms with Crippen LogP contribution < -0.4 is 5.32 Å². The van der Waals surface area contributed by atoms with Crippen molar-refractivity contribution in [3.63, 3.8) is 0 Å². The maximum absolute atomic E-state index is 12.8. The van der Waals surface area contributed by atoms with Crippen LogP contribution in [0.4, 0.5) is 0 Å². The number of hydrogen-bond donors (Lipinski definition) is 2. The number of nitrogens with one attached hydrogen (secondary N) is 1. The summed E-state index contributed by atoms with van der Waals surface area (Å²) in [5.74, 6) is -1.45. The van der Waals surface area contributed by atoms with E-state index >= 15 is 0 Å². The lowest BCUT2D eigenvalue weighted by atomic mass is 9.78. The summed E-state index contributed by atoms with van der Waals surface area (Å²) in [5, 5.41) is 12.8. The van der Waals surface area contributed by atoms with Crippen molar-refractivity contribution in [2.75, 3.05) is 0 Å². The minimum absolute atomic E-state index is 0.00903. The molecule has 1 amide bonds. The number of carboxylic acids is 1. The van der Waals surface area contributed by atoms with Crippen molar-refractivity contribution >= 4 is 11.9 Å². The van der Waals surface area contributed by atoms with Crippen molar-refractivity contribution in [3.8, 4) is 0 Å². The van der Waals surface area contributed by atoms with Crippen LogP contribution in [0.2, 0.25) is 0 Å². The van der Waals surface area contributed by atoms with E-state index < -0.39 is 11.9 Å². The maximum atomic E-state index is 12.8. The molecule has 122 valence electrons. The molecule has 3 rings (SSSR count). The Morgan fingerprint density at radius 2 is 1.55 bits per heavy atom. The third kappa shape index (κ3) is 2.57. The molecule has 3 aliphatic rings. The van der Waals surface area contributed by atoms with Crippen LogP contribution in [0.25, 0.3) is 0 Å². The largest absolute Gasteiger partial charge is 0.481 e. The fourth-order valence-corrected chi connectivity index (χ4v) is 5.15. The zero-order valence-electron chi connectivity index (χ0n) is 13.6. The topological polar surface area (TPSA) is 66.4 Å². The number of aliphatic carboxylic acids is 1. The molecule has 3 fully saturated rings. The number of hydrogen-bond acceptors (Lipinski definition) is 2.